The molecule has 0 aliphatic rings. The minimum Gasteiger partial charge on any atom is -0.481 e. The summed E-state index contributed by atoms with van der Waals surface area (Å²) in [4.78, 5) is 9.94. The molecule has 0 aliphatic heterocycles. The van der Waals surface area contributed by atoms with Gasteiger partial charge in [-0.1, -0.05) is 5.92 Å². The van der Waals surface area contributed by atoms with Crippen molar-refractivity contribution in [3.05, 3.63) is 0 Å². The van der Waals surface area contributed by atoms with Gasteiger partial charge in [0, 0.05) is 6.42 Å². The van der Waals surface area contributed by atoms with Crippen LogP contribution in [0.25, 0.3) is 0 Å². The molecule has 0 aromatic rings. The van der Waals surface area contributed by atoms with Crippen LogP contribution in [0, 0.1) is 12.3 Å². The van der Waals surface area contributed by atoms with Gasteiger partial charge in [0.25, 0.3) is 0 Å². The van der Waals surface area contributed by atoms with Gasteiger partial charge in [0.2, 0.25) is 0 Å². The van der Waals surface area contributed by atoms with E-state index in [0.717, 1.165) is 0 Å². The average molecular weight is 142 g/mol. The lowest BCUT2D eigenvalue weighted by Crippen LogP contribution is -2.03. The van der Waals surface area contributed by atoms with Crippen molar-refractivity contribution in [3.8, 4) is 12.3 Å². The van der Waals surface area contributed by atoms with Crippen molar-refractivity contribution < 1.29 is 15.0 Å². The van der Waals surface area contributed by atoms with E-state index in [4.69, 9.17) is 16.6 Å². The Bertz CT molecular complexity index is 145. The van der Waals surface area contributed by atoms with Crippen LogP contribution in [0.2, 0.25) is 0 Å². The van der Waals surface area contributed by atoms with Crippen molar-refractivity contribution >= 4 is 5.97 Å². The van der Waals surface area contributed by atoms with Crippen molar-refractivity contribution in [3.63, 3.8) is 0 Å². The highest BCUT2D eigenvalue weighted by atomic mass is 16.4. The lowest BCUT2D eigenvalue weighted by atomic mass is 10.2. The number of terminal acetylenes is 1. The summed E-state index contributed by atoms with van der Waals surface area (Å²) in [6.45, 7) is 0. The summed E-state index contributed by atoms with van der Waals surface area (Å²) in [5.74, 6) is 1.24. The molecule has 0 rings (SSSR count). The molecule has 0 radical (unpaired) electrons. The maximum absolute atomic E-state index is 9.94. The Hall–Kier alpha value is -1.01. The number of aliphatic hydroxyl groups is 1. The summed E-state index contributed by atoms with van der Waals surface area (Å²) in [5.41, 5.74) is 0. The summed E-state index contributed by atoms with van der Waals surface area (Å²) in [5, 5.41) is 16.9. The predicted molar refractivity (Wildman–Crippen MR) is 36.3 cm³/mol. The van der Waals surface area contributed by atoms with Crippen LogP contribution in [-0.4, -0.2) is 22.3 Å². The molecule has 0 bridgehead atoms. The van der Waals surface area contributed by atoms with Crippen molar-refractivity contribution in [2.45, 2.75) is 25.4 Å². The number of hydrogen-bond donors (Lipinski definition) is 2. The first-order valence-corrected chi connectivity index (χ1v) is 3.03. The van der Waals surface area contributed by atoms with E-state index in [1.807, 2.05) is 0 Å². The zero-order valence-corrected chi connectivity index (χ0v) is 5.58. The van der Waals surface area contributed by atoms with Crippen molar-refractivity contribution in [1.82, 2.24) is 0 Å². The second-order valence-electron chi connectivity index (χ2n) is 1.97. The first-order chi connectivity index (χ1) is 4.66. The van der Waals surface area contributed by atoms with E-state index in [-0.39, 0.29) is 6.42 Å². The van der Waals surface area contributed by atoms with E-state index >= 15 is 0 Å². The number of aliphatic hydroxyl groups excluding tert-OH is 1. The zero-order chi connectivity index (χ0) is 7.98. The lowest BCUT2D eigenvalue weighted by Gasteiger charge is -1.98. The molecular weight excluding hydrogens is 132 g/mol. The fourth-order valence-electron chi connectivity index (χ4n) is 0.530. The van der Waals surface area contributed by atoms with E-state index in [9.17, 15) is 4.79 Å². The smallest absolute Gasteiger partial charge is 0.303 e. The lowest BCUT2D eigenvalue weighted by molar-refractivity contribution is -0.137. The van der Waals surface area contributed by atoms with Gasteiger partial charge in [-0.2, -0.15) is 0 Å². The Morgan fingerprint density at radius 1 is 1.70 bits per heavy atom. The van der Waals surface area contributed by atoms with Gasteiger partial charge in [-0.15, -0.1) is 6.42 Å². The standard InChI is InChI=1S/C7H10O3/c1-2-6(8)4-3-5-7(9)10/h1,6,8H,3-5H2,(H,9,10)/t6-/m1/s1. The van der Waals surface area contributed by atoms with Gasteiger partial charge in [-0.3, -0.25) is 4.79 Å². The Morgan fingerprint density at radius 2 is 2.30 bits per heavy atom. The van der Waals surface area contributed by atoms with Crippen LogP contribution in [0.1, 0.15) is 19.3 Å². The first-order valence-electron chi connectivity index (χ1n) is 3.03. The molecule has 1 atom stereocenters. The Kier molecular flexibility index (Phi) is 4.34. The summed E-state index contributed by atoms with van der Waals surface area (Å²) in [6.07, 6.45) is 4.91. The molecule has 0 aromatic heterocycles. The van der Waals surface area contributed by atoms with Gasteiger partial charge in [0.05, 0.1) is 0 Å². The van der Waals surface area contributed by atoms with E-state index in [1.165, 1.54) is 0 Å². The van der Waals surface area contributed by atoms with Crippen molar-refractivity contribution in [2.75, 3.05) is 0 Å². The van der Waals surface area contributed by atoms with Crippen LogP contribution in [0.4, 0.5) is 0 Å². The number of hydrogen-bond acceptors (Lipinski definition) is 2. The molecule has 0 aromatic carbocycles. The molecular formula is C7H10O3. The summed E-state index contributed by atoms with van der Waals surface area (Å²) < 4.78 is 0. The molecule has 0 saturated carbocycles. The van der Waals surface area contributed by atoms with Crippen LogP contribution in [0.15, 0.2) is 0 Å². The third kappa shape index (κ3) is 5.13. The number of carbonyl (C=O) groups is 1. The van der Waals surface area contributed by atoms with E-state index in [0.29, 0.717) is 12.8 Å². The van der Waals surface area contributed by atoms with Crippen LogP contribution < -0.4 is 0 Å². The Morgan fingerprint density at radius 3 is 2.70 bits per heavy atom. The summed E-state index contributed by atoms with van der Waals surface area (Å²) in [7, 11) is 0. The second-order valence-corrected chi connectivity index (χ2v) is 1.97. The predicted octanol–water partition coefficient (Wildman–Crippen LogP) is 0.235. The molecule has 0 spiro atoms. The average Bonchev–Trinajstić information content (AvgIpc) is 1.87. The number of carboxylic acid groups (broad SMARTS) is 1. The number of rotatable bonds is 4. The van der Waals surface area contributed by atoms with Crippen LogP contribution in [0.3, 0.4) is 0 Å². The third-order valence-corrected chi connectivity index (χ3v) is 1.06. The monoisotopic (exact) mass is 142 g/mol. The molecule has 0 amide bonds. The van der Waals surface area contributed by atoms with Crippen LogP contribution in [0.5, 0.6) is 0 Å². The molecule has 10 heavy (non-hydrogen) atoms. The van der Waals surface area contributed by atoms with Gasteiger partial charge in [-0.05, 0) is 12.8 Å². The van der Waals surface area contributed by atoms with Crippen molar-refractivity contribution in [1.29, 1.82) is 0 Å². The first kappa shape index (κ1) is 8.99. The zero-order valence-electron chi connectivity index (χ0n) is 5.58. The molecule has 0 aliphatic carbocycles. The topological polar surface area (TPSA) is 57.5 Å². The SMILES string of the molecule is C#C[C@@H](O)CCCC(=O)O. The van der Waals surface area contributed by atoms with Gasteiger partial charge in [-0.25, -0.2) is 0 Å². The highest BCUT2D eigenvalue weighted by Crippen LogP contribution is 1.98. The summed E-state index contributed by atoms with van der Waals surface area (Å²) in [6, 6.07) is 0. The van der Waals surface area contributed by atoms with Gasteiger partial charge in [0.1, 0.15) is 6.10 Å². The molecule has 0 unspecified atom stereocenters. The van der Waals surface area contributed by atoms with Gasteiger partial charge >= 0.3 is 5.97 Å². The van der Waals surface area contributed by atoms with E-state index in [1.54, 1.807) is 0 Å². The maximum atomic E-state index is 9.94. The third-order valence-electron chi connectivity index (χ3n) is 1.06. The molecule has 3 nitrogen and oxygen atoms in total. The normalized spacial score (nSPS) is 12.0. The van der Waals surface area contributed by atoms with Crippen LogP contribution in [-0.2, 0) is 4.79 Å². The number of aliphatic carboxylic acids is 1. The highest BCUT2D eigenvalue weighted by molar-refractivity contribution is 5.66. The summed E-state index contributed by atoms with van der Waals surface area (Å²) >= 11 is 0. The van der Waals surface area contributed by atoms with E-state index in [2.05, 4.69) is 5.92 Å². The number of carboxylic acids is 1. The van der Waals surface area contributed by atoms with Gasteiger partial charge in [0.15, 0.2) is 0 Å². The highest BCUT2D eigenvalue weighted by Gasteiger charge is 2.00. The van der Waals surface area contributed by atoms with Gasteiger partial charge < -0.3 is 10.2 Å². The molecule has 2 N–H and O–H groups in total. The quantitative estimate of drug-likeness (QED) is 0.552. The fourth-order valence-corrected chi connectivity index (χ4v) is 0.530. The molecule has 56 valence electrons. The Labute approximate surface area is 59.7 Å². The van der Waals surface area contributed by atoms with E-state index < -0.39 is 12.1 Å². The Balaban J connectivity index is 3.22. The minimum atomic E-state index is -0.857. The minimum absolute atomic E-state index is 0.0682. The molecule has 0 heterocycles. The van der Waals surface area contributed by atoms with Crippen LogP contribution >= 0.6 is 0 Å². The van der Waals surface area contributed by atoms with Crippen molar-refractivity contribution in [2.24, 2.45) is 0 Å². The fraction of sp³-hybridized carbons (Fsp3) is 0.571. The largest absolute Gasteiger partial charge is 0.481 e. The molecule has 3 heteroatoms. The maximum Gasteiger partial charge on any atom is 0.303 e. The second kappa shape index (κ2) is 4.83. The molecule has 0 fully saturated rings. The molecule has 0 saturated heterocycles.